The fourth-order valence-electron chi connectivity index (χ4n) is 4.23. The van der Waals surface area contributed by atoms with Crippen molar-refractivity contribution in [2.45, 2.75) is 5.60 Å². The van der Waals surface area contributed by atoms with E-state index in [9.17, 15) is 15.2 Å². The van der Waals surface area contributed by atoms with Crippen molar-refractivity contribution in [2.75, 3.05) is 0 Å². The van der Waals surface area contributed by atoms with E-state index in [0.717, 1.165) is 0 Å². The molecular formula is C26H19ClN6O2. The van der Waals surface area contributed by atoms with Gasteiger partial charge >= 0.3 is 0 Å². The van der Waals surface area contributed by atoms with E-state index in [0.29, 0.717) is 44.1 Å². The number of halogens is 1. The van der Waals surface area contributed by atoms with Crippen molar-refractivity contribution in [3.63, 3.8) is 0 Å². The molecule has 0 saturated carbocycles. The molecular weight excluding hydrogens is 464 g/mol. The van der Waals surface area contributed by atoms with E-state index in [1.165, 1.54) is 10.6 Å². The number of rotatable bonds is 4. The molecule has 1 N–H and O–H groups in total. The lowest BCUT2D eigenvalue weighted by atomic mass is 9.86. The normalized spacial score (nSPS) is 12.9. The zero-order chi connectivity index (χ0) is 24.7. The van der Waals surface area contributed by atoms with Crippen LogP contribution in [0.1, 0.15) is 22.6 Å². The minimum absolute atomic E-state index is 0.234. The summed E-state index contributed by atoms with van der Waals surface area (Å²) in [5.41, 5.74) is 1.26. The van der Waals surface area contributed by atoms with Gasteiger partial charge in [0.05, 0.1) is 41.3 Å². The molecule has 0 aliphatic rings. The zero-order valence-electron chi connectivity index (χ0n) is 18.8. The topological polar surface area (TPSA) is 110 Å². The number of aromatic nitrogens is 5. The molecule has 0 fully saturated rings. The number of hydrogen-bond acceptors (Lipinski definition) is 6. The summed E-state index contributed by atoms with van der Waals surface area (Å²) in [6.07, 6.45) is 4.74. The molecule has 9 heteroatoms. The summed E-state index contributed by atoms with van der Waals surface area (Å²) in [6.45, 7) is 0. The Hall–Kier alpha value is -4.32. The largest absolute Gasteiger partial charge is 0.373 e. The molecule has 1 aromatic carbocycles. The maximum Gasteiger partial charge on any atom is 0.251 e. The highest BCUT2D eigenvalue weighted by atomic mass is 35.5. The lowest BCUT2D eigenvalue weighted by molar-refractivity contribution is 0.113. The molecule has 0 spiro atoms. The van der Waals surface area contributed by atoms with Crippen LogP contribution in [0.3, 0.4) is 0 Å². The first-order valence-corrected chi connectivity index (χ1v) is 11.0. The van der Waals surface area contributed by atoms with Crippen molar-refractivity contribution >= 4 is 22.5 Å². The van der Waals surface area contributed by atoms with Crippen LogP contribution in [0.25, 0.3) is 22.2 Å². The molecule has 35 heavy (non-hydrogen) atoms. The average molecular weight is 483 g/mol. The van der Waals surface area contributed by atoms with Gasteiger partial charge in [-0.05, 0) is 35.9 Å². The number of imidazole rings is 1. The van der Waals surface area contributed by atoms with Gasteiger partial charge in [-0.2, -0.15) is 5.26 Å². The monoisotopic (exact) mass is 482 g/mol. The number of benzene rings is 1. The maximum absolute atomic E-state index is 12.7. The summed E-state index contributed by atoms with van der Waals surface area (Å²) in [6, 6.07) is 17.2. The summed E-state index contributed by atoms with van der Waals surface area (Å²) < 4.78 is 3.20. The van der Waals surface area contributed by atoms with Crippen molar-refractivity contribution in [2.24, 2.45) is 14.1 Å². The number of nitrogens with zero attached hydrogens (tertiary/aromatic N) is 6. The molecule has 0 unspecified atom stereocenters. The minimum Gasteiger partial charge on any atom is -0.373 e. The second-order valence-corrected chi connectivity index (χ2v) is 8.61. The molecule has 0 bridgehead atoms. The Morgan fingerprint density at radius 2 is 1.86 bits per heavy atom. The fourth-order valence-corrected chi connectivity index (χ4v) is 4.35. The Morgan fingerprint density at radius 1 is 1.09 bits per heavy atom. The van der Waals surface area contributed by atoms with Gasteiger partial charge in [-0.15, -0.1) is 0 Å². The van der Waals surface area contributed by atoms with Gasteiger partial charge in [0.25, 0.3) is 5.56 Å². The van der Waals surface area contributed by atoms with E-state index in [1.54, 1.807) is 85.9 Å². The highest BCUT2D eigenvalue weighted by molar-refractivity contribution is 6.30. The van der Waals surface area contributed by atoms with Gasteiger partial charge in [0.1, 0.15) is 11.8 Å². The van der Waals surface area contributed by atoms with Crippen molar-refractivity contribution in [1.82, 2.24) is 24.1 Å². The predicted molar refractivity (Wildman–Crippen MR) is 132 cm³/mol. The molecule has 1 atom stereocenters. The second kappa shape index (κ2) is 8.47. The first-order valence-electron chi connectivity index (χ1n) is 10.7. The molecule has 4 aromatic heterocycles. The SMILES string of the molecule is Cn1cncc1[C@@](O)(c1ccc(Cl)cc1)c1cc2c(-c3cccc(C#N)n3)cc(=O)n(C)c2cn1. The van der Waals surface area contributed by atoms with Crippen molar-refractivity contribution in [3.05, 3.63) is 111 Å². The Labute approximate surface area is 205 Å². The first kappa shape index (κ1) is 22.5. The predicted octanol–water partition coefficient (Wildman–Crippen LogP) is 3.54. The first-order chi connectivity index (χ1) is 16.8. The summed E-state index contributed by atoms with van der Waals surface area (Å²) in [5, 5.41) is 22.7. The summed E-state index contributed by atoms with van der Waals surface area (Å²) >= 11 is 6.11. The van der Waals surface area contributed by atoms with Crippen LogP contribution >= 0.6 is 11.6 Å². The quantitative estimate of drug-likeness (QED) is 0.419. The van der Waals surface area contributed by atoms with Crippen molar-refractivity contribution in [3.8, 4) is 17.3 Å². The number of nitriles is 1. The maximum atomic E-state index is 12.7. The van der Waals surface area contributed by atoms with Crippen molar-refractivity contribution in [1.29, 1.82) is 5.26 Å². The molecule has 5 aromatic rings. The van der Waals surface area contributed by atoms with Gasteiger partial charge in [-0.1, -0.05) is 29.8 Å². The summed E-state index contributed by atoms with van der Waals surface area (Å²) in [5.74, 6) is 0. The standard InChI is InChI=1S/C26H19ClN6O2/c1-32-15-29-14-24(32)26(35,16-6-8-17(27)9-7-16)23-10-20-19(21-5-3-4-18(12-28)31-21)11-25(34)33(2)22(20)13-30-23/h3-11,13-15,35H,1-2H3/t26-/m1/s1. The van der Waals surface area contributed by atoms with E-state index in [2.05, 4.69) is 15.0 Å². The Morgan fingerprint density at radius 3 is 2.54 bits per heavy atom. The Balaban J connectivity index is 1.84. The minimum atomic E-state index is -1.67. The van der Waals surface area contributed by atoms with Gasteiger partial charge in [0.2, 0.25) is 0 Å². The Bertz CT molecular complexity index is 1680. The Kier molecular flexibility index (Phi) is 5.44. The van der Waals surface area contributed by atoms with Crippen LogP contribution in [0.15, 0.2) is 78.1 Å². The van der Waals surface area contributed by atoms with E-state index in [1.807, 2.05) is 6.07 Å². The van der Waals surface area contributed by atoms with E-state index < -0.39 is 5.60 Å². The van der Waals surface area contributed by atoms with Gasteiger partial charge in [-0.3, -0.25) is 9.78 Å². The molecule has 0 aliphatic carbocycles. The van der Waals surface area contributed by atoms with E-state index in [4.69, 9.17) is 11.6 Å². The summed E-state index contributed by atoms with van der Waals surface area (Å²) in [4.78, 5) is 25.9. The number of hydrogen-bond donors (Lipinski definition) is 1. The fraction of sp³-hybridized carbons (Fsp3) is 0.115. The third-order valence-corrected chi connectivity index (χ3v) is 6.34. The number of aliphatic hydroxyl groups is 1. The van der Waals surface area contributed by atoms with Crippen LogP contribution in [-0.4, -0.2) is 29.2 Å². The smallest absolute Gasteiger partial charge is 0.251 e. The number of fused-ring (bicyclic) bond motifs is 1. The van der Waals surface area contributed by atoms with Crippen LogP contribution in [0, 0.1) is 11.3 Å². The van der Waals surface area contributed by atoms with Gasteiger partial charge in [0.15, 0.2) is 5.60 Å². The average Bonchev–Trinajstić information content (AvgIpc) is 3.32. The van der Waals surface area contributed by atoms with Gasteiger partial charge < -0.3 is 14.2 Å². The molecule has 0 amide bonds. The molecule has 5 rings (SSSR count). The van der Waals surface area contributed by atoms with Gasteiger partial charge in [0, 0.05) is 36.1 Å². The number of aryl methyl sites for hydroxylation is 2. The van der Waals surface area contributed by atoms with Crippen molar-refractivity contribution < 1.29 is 5.11 Å². The van der Waals surface area contributed by atoms with E-state index >= 15 is 0 Å². The molecule has 0 saturated heterocycles. The lowest BCUT2D eigenvalue weighted by Gasteiger charge is -2.29. The van der Waals surface area contributed by atoms with Gasteiger partial charge in [-0.25, -0.2) is 9.97 Å². The molecule has 0 radical (unpaired) electrons. The zero-order valence-corrected chi connectivity index (χ0v) is 19.6. The van der Waals surface area contributed by atoms with E-state index in [-0.39, 0.29) is 11.3 Å². The number of pyridine rings is 3. The van der Waals surface area contributed by atoms with Crippen LogP contribution in [0.4, 0.5) is 0 Å². The lowest BCUT2D eigenvalue weighted by Crippen LogP contribution is -2.32. The highest BCUT2D eigenvalue weighted by Crippen LogP contribution is 2.38. The van der Waals surface area contributed by atoms with Crippen LogP contribution in [-0.2, 0) is 19.7 Å². The van der Waals surface area contributed by atoms with Crippen LogP contribution in [0.2, 0.25) is 5.02 Å². The molecule has 172 valence electrons. The summed E-state index contributed by atoms with van der Waals surface area (Å²) in [7, 11) is 3.44. The second-order valence-electron chi connectivity index (χ2n) is 8.17. The molecule has 8 nitrogen and oxygen atoms in total. The highest BCUT2D eigenvalue weighted by Gasteiger charge is 2.38. The van der Waals surface area contributed by atoms with Crippen LogP contribution < -0.4 is 5.56 Å². The third kappa shape index (κ3) is 3.67. The molecule has 4 heterocycles. The third-order valence-electron chi connectivity index (χ3n) is 6.09. The molecule has 0 aliphatic heterocycles. The van der Waals surface area contributed by atoms with Crippen LogP contribution in [0.5, 0.6) is 0 Å².